The quantitative estimate of drug-likeness (QED) is 0.428. The molecule has 4 heteroatoms. The molecule has 0 unspecified atom stereocenters. The Labute approximate surface area is 174 Å². The number of aromatic nitrogens is 2. The summed E-state index contributed by atoms with van der Waals surface area (Å²) in [5.41, 5.74) is 5.22. The van der Waals surface area contributed by atoms with Crippen molar-refractivity contribution in [2.45, 2.75) is 13.0 Å². The van der Waals surface area contributed by atoms with Gasteiger partial charge in [-0.2, -0.15) is 0 Å². The summed E-state index contributed by atoms with van der Waals surface area (Å²) in [5, 5.41) is 11.7. The molecule has 30 heavy (non-hydrogen) atoms. The Bertz CT molecular complexity index is 1360. The molecule has 2 heterocycles. The number of hydrogen-bond donors (Lipinski definition) is 1. The number of aromatic carboxylic acids is 1. The van der Waals surface area contributed by atoms with E-state index in [2.05, 4.69) is 33.8 Å². The summed E-state index contributed by atoms with van der Waals surface area (Å²) in [6.45, 7) is 0.695. The molecular weight excluding hydrogens is 372 g/mol. The first-order valence-electron chi connectivity index (χ1n) is 9.93. The van der Waals surface area contributed by atoms with E-state index in [1.54, 1.807) is 6.07 Å². The van der Waals surface area contributed by atoms with E-state index in [1.165, 1.54) is 5.56 Å². The molecule has 0 aliphatic rings. The monoisotopic (exact) mass is 392 g/mol. The van der Waals surface area contributed by atoms with Gasteiger partial charge in [0.15, 0.2) is 0 Å². The van der Waals surface area contributed by atoms with Crippen molar-refractivity contribution in [2.24, 2.45) is 0 Å². The molecule has 0 aliphatic carbocycles. The Morgan fingerprint density at radius 3 is 2.13 bits per heavy atom. The minimum absolute atomic E-state index is 0.0797. The molecule has 1 N–H and O–H groups in total. The third-order valence-electron chi connectivity index (χ3n) is 5.44. The summed E-state index contributed by atoms with van der Waals surface area (Å²) in [4.78, 5) is 16.4. The van der Waals surface area contributed by atoms with E-state index in [-0.39, 0.29) is 5.69 Å². The van der Waals surface area contributed by atoms with Crippen LogP contribution in [0.3, 0.4) is 0 Å². The van der Waals surface area contributed by atoms with Gasteiger partial charge in [-0.1, -0.05) is 78.9 Å². The molecule has 5 aromatic rings. The van der Waals surface area contributed by atoms with E-state index in [0.29, 0.717) is 13.0 Å². The fourth-order valence-electron chi connectivity index (χ4n) is 4.11. The highest BCUT2D eigenvalue weighted by molar-refractivity contribution is 6.10. The summed E-state index contributed by atoms with van der Waals surface area (Å²) in [5.74, 6) is -1.01. The number of carboxylic acids is 1. The first-order valence-corrected chi connectivity index (χ1v) is 9.93. The molecule has 0 bridgehead atoms. The van der Waals surface area contributed by atoms with Gasteiger partial charge in [0.1, 0.15) is 5.69 Å². The first-order chi connectivity index (χ1) is 14.7. The number of fused-ring (bicyclic) bond motifs is 3. The first kappa shape index (κ1) is 18.1. The third kappa shape index (κ3) is 3.22. The van der Waals surface area contributed by atoms with Crippen molar-refractivity contribution in [1.82, 2.24) is 9.55 Å². The maximum atomic E-state index is 11.8. The Balaban J connectivity index is 1.81. The highest BCUT2D eigenvalue weighted by atomic mass is 16.4. The van der Waals surface area contributed by atoms with Gasteiger partial charge < -0.3 is 9.67 Å². The number of carbonyl (C=O) groups is 1. The van der Waals surface area contributed by atoms with Crippen LogP contribution in [0, 0.1) is 0 Å². The molecule has 0 atom stereocenters. The van der Waals surface area contributed by atoms with Gasteiger partial charge in [-0.25, -0.2) is 9.78 Å². The van der Waals surface area contributed by atoms with Crippen LogP contribution in [-0.2, 0) is 13.0 Å². The van der Waals surface area contributed by atoms with Gasteiger partial charge in [0.2, 0.25) is 0 Å². The molecule has 0 amide bonds. The summed E-state index contributed by atoms with van der Waals surface area (Å²) < 4.78 is 2.26. The molecular formula is C26H20N2O2. The average Bonchev–Trinajstić information content (AvgIpc) is 3.09. The van der Waals surface area contributed by atoms with Gasteiger partial charge in [-0.15, -0.1) is 0 Å². The second-order valence-corrected chi connectivity index (χ2v) is 7.41. The Kier molecular flexibility index (Phi) is 4.52. The van der Waals surface area contributed by atoms with E-state index in [9.17, 15) is 9.90 Å². The van der Waals surface area contributed by atoms with Crippen LogP contribution in [0.1, 0.15) is 27.3 Å². The predicted molar refractivity (Wildman–Crippen MR) is 119 cm³/mol. The Morgan fingerprint density at radius 1 is 0.800 bits per heavy atom. The Morgan fingerprint density at radius 2 is 1.43 bits per heavy atom. The smallest absolute Gasteiger partial charge is 0.354 e. The van der Waals surface area contributed by atoms with Crippen molar-refractivity contribution in [2.75, 3.05) is 0 Å². The zero-order valence-electron chi connectivity index (χ0n) is 16.3. The number of para-hydroxylation sites is 1. The summed E-state index contributed by atoms with van der Waals surface area (Å²) >= 11 is 0. The lowest BCUT2D eigenvalue weighted by Gasteiger charge is -2.12. The van der Waals surface area contributed by atoms with Gasteiger partial charge in [-0.3, -0.25) is 0 Å². The van der Waals surface area contributed by atoms with Crippen LogP contribution in [0.15, 0.2) is 91.0 Å². The van der Waals surface area contributed by atoms with Crippen LogP contribution in [0.25, 0.3) is 21.8 Å². The lowest BCUT2D eigenvalue weighted by atomic mass is 10.1. The van der Waals surface area contributed by atoms with Crippen LogP contribution >= 0.6 is 0 Å². The minimum atomic E-state index is -1.01. The number of nitrogens with zero attached hydrogens (tertiary/aromatic N) is 2. The van der Waals surface area contributed by atoms with Gasteiger partial charge in [-0.05, 0) is 23.3 Å². The molecule has 5 rings (SSSR count). The standard InChI is InChI=1S/C26H20N2O2/c29-26(30)23-16-21-20-13-7-8-14-24(20)28(17-19-11-5-2-6-12-19)25(21)22(27-23)15-18-9-3-1-4-10-18/h1-14,16H,15,17H2,(H,29,30). The molecule has 2 aromatic heterocycles. The number of rotatable bonds is 5. The predicted octanol–water partition coefficient (Wildman–Crippen LogP) is 5.53. The highest BCUT2D eigenvalue weighted by Crippen LogP contribution is 2.33. The molecule has 3 aromatic carbocycles. The number of benzene rings is 3. The zero-order valence-corrected chi connectivity index (χ0v) is 16.3. The van der Waals surface area contributed by atoms with Gasteiger partial charge in [0.25, 0.3) is 0 Å². The lowest BCUT2D eigenvalue weighted by Crippen LogP contribution is -2.07. The summed E-state index contributed by atoms with van der Waals surface area (Å²) in [7, 11) is 0. The normalized spacial score (nSPS) is 11.2. The van der Waals surface area contributed by atoms with Crippen molar-refractivity contribution in [3.8, 4) is 0 Å². The van der Waals surface area contributed by atoms with E-state index in [0.717, 1.165) is 33.1 Å². The highest BCUT2D eigenvalue weighted by Gasteiger charge is 2.19. The Hall–Kier alpha value is -3.92. The molecule has 0 spiro atoms. The average molecular weight is 392 g/mol. The zero-order chi connectivity index (χ0) is 20.5. The van der Waals surface area contributed by atoms with Crippen LogP contribution in [0.2, 0.25) is 0 Å². The maximum Gasteiger partial charge on any atom is 0.354 e. The number of carboxylic acid groups (broad SMARTS) is 1. The van der Waals surface area contributed by atoms with Gasteiger partial charge in [0.05, 0.1) is 11.2 Å². The second kappa shape index (κ2) is 7.48. The molecule has 4 nitrogen and oxygen atoms in total. The van der Waals surface area contributed by atoms with E-state index in [4.69, 9.17) is 0 Å². The molecule has 0 radical (unpaired) electrons. The minimum Gasteiger partial charge on any atom is -0.477 e. The molecule has 0 fully saturated rings. The van der Waals surface area contributed by atoms with E-state index in [1.807, 2.05) is 60.7 Å². The topological polar surface area (TPSA) is 55.1 Å². The van der Waals surface area contributed by atoms with Crippen molar-refractivity contribution in [3.63, 3.8) is 0 Å². The van der Waals surface area contributed by atoms with Crippen molar-refractivity contribution >= 4 is 27.8 Å². The van der Waals surface area contributed by atoms with E-state index >= 15 is 0 Å². The van der Waals surface area contributed by atoms with Crippen LogP contribution in [0.4, 0.5) is 0 Å². The van der Waals surface area contributed by atoms with Crippen LogP contribution < -0.4 is 0 Å². The van der Waals surface area contributed by atoms with Gasteiger partial charge in [0, 0.05) is 29.3 Å². The summed E-state index contributed by atoms with van der Waals surface area (Å²) in [6, 6.07) is 30.2. The van der Waals surface area contributed by atoms with Crippen LogP contribution in [-0.4, -0.2) is 20.6 Å². The molecule has 0 saturated heterocycles. The molecule has 0 aliphatic heterocycles. The molecule has 0 saturated carbocycles. The lowest BCUT2D eigenvalue weighted by molar-refractivity contribution is 0.0690. The van der Waals surface area contributed by atoms with Crippen molar-refractivity contribution in [3.05, 3.63) is 114 Å². The SMILES string of the molecule is O=C(O)c1cc2c3ccccc3n(Cc3ccccc3)c2c(Cc2ccccc2)n1. The molecule has 146 valence electrons. The fourth-order valence-corrected chi connectivity index (χ4v) is 4.11. The van der Waals surface area contributed by atoms with Gasteiger partial charge >= 0.3 is 5.97 Å². The largest absolute Gasteiger partial charge is 0.477 e. The number of hydrogen-bond acceptors (Lipinski definition) is 2. The third-order valence-corrected chi connectivity index (χ3v) is 5.44. The second-order valence-electron chi connectivity index (χ2n) is 7.41. The fraction of sp³-hybridized carbons (Fsp3) is 0.0769. The van der Waals surface area contributed by atoms with E-state index < -0.39 is 5.97 Å². The van der Waals surface area contributed by atoms with Crippen LogP contribution in [0.5, 0.6) is 0 Å². The number of pyridine rings is 1. The summed E-state index contributed by atoms with van der Waals surface area (Å²) in [6.07, 6.45) is 0.573. The maximum absolute atomic E-state index is 11.8. The van der Waals surface area contributed by atoms with Crippen molar-refractivity contribution < 1.29 is 9.90 Å². The van der Waals surface area contributed by atoms with Crippen molar-refractivity contribution in [1.29, 1.82) is 0 Å².